The molecular weight excluding hydrogens is 330 g/mol. The SMILES string of the molecule is Cc1cccc(CS(=O)(=O)N2CCC(N3C(=O)CNC3=O)CC2)c1. The van der Waals surface area contributed by atoms with Crippen molar-refractivity contribution >= 4 is 22.0 Å². The third-order valence-electron chi connectivity index (χ3n) is 4.49. The van der Waals surface area contributed by atoms with Gasteiger partial charge in [0.2, 0.25) is 15.9 Å². The number of nitrogens with one attached hydrogen (secondary N) is 1. The fourth-order valence-corrected chi connectivity index (χ4v) is 4.84. The van der Waals surface area contributed by atoms with Crippen molar-refractivity contribution in [2.24, 2.45) is 0 Å². The van der Waals surface area contributed by atoms with Gasteiger partial charge < -0.3 is 5.32 Å². The summed E-state index contributed by atoms with van der Waals surface area (Å²) in [5.41, 5.74) is 1.80. The molecular formula is C16H21N3O4S. The van der Waals surface area contributed by atoms with Crippen molar-refractivity contribution in [2.75, 3.05) is 19.6 Å². The molecule has 130 valence electrons. The number of hydrogen-bond acceptors (Lipinski definition) is 4. The molecule has 0 atom stereocenters. The number of benzene rings is 1. The van der Waals surface area contributed by atoms with Crippen LogP contribution in [0.1, 0.15) is 24.0 Å². The van der Waals surface area contributed by atoms with E-state index in [1.54, 1.807) is 0 Å². The average molecular weight is 351 g/mol. The highest BCUT2D eigenvalue weighted by Gasteiger charge is 2.38. The van der Waals surface area contributed by atoms with Crippen molar-refractivity contribution in [3.63, 3.8) is 0 Å². The third kappa shape index (κ3) is 3.44. The predicted molar refractivity (Wildman–Crippen MR) is 88.6 cm³/mol. The van der Waals surface area contributed by atoms with Crippen LogP contribution >= 0.6 is 0 Å². The smallest absolute Gasteiger partial charge is 0.324 e. The van der Waals surface area contributed by atoms with Crippen LogP contribution in [0.4, 0.5) is 4.79 Å². The third-order valence-corrected chi connectivity index (χ3v) is 6.34. The number of carbonyl (C=O) groups excluding carboxylic acids is 2. The summed E-state index contributed by atoms with van der Waals surface area (Å²) in [6.45, 7) is 2.62. The number of imide groups is 1. The number of hydrogen-bond donors (Lipinski definition) is 1. The van der Waals surface area contributed by atoms with Gasteiger partial charge in [-0.1, -0.05) is 29.8 Å². The van der Waals surface area contributed by atoms with Crippen LogP contribution in [0.2, 0.25) is 0 Å². The maximum atomic E-state index is 12.6. The number of sulfonamides is 1. The molecule has 2 fully saturated rings. The van der Waals surface area contributed by atoms with Crippen LogP contribution in [0, 0.1) is 6.92 Å². The highest BCUT2D eigenvalue weighted by molar-refractivity contribution is 7.88. The highest BCUT2D eigenvalue weighted by Crippen LogP contribution is 2.22. The normalized spacial score (nSPS) is 20.5. The van der Waals surface area contributed by atoms with Crippen LogP contribution in [0.15, 0.2) is 24.3 Å². The van der Waals surface area contributed by atoms with E-state index in [0.29, 0.717) is 25.9 Å². The van der Waals surface area contributed by atoms with E-state index in [2.05, 4.69) is 5.32 Å². The Bertz CT molecular complexity index is 738. The molecule has 0 bridgehead atoms. The predicted octanol–water partition coefficient (Wildman–Crippen LogP) is 0.841. The van der Waals surface area contributed by atoms with Gasteiger partial charge in [-0.2, -0.15) is 0 Å². The molecule has 2 heterocycles. The number of urea groups is 1. The van der Waals surface area contributed by atoms with Gasteiger partial charge in [0.05, 0.1) is 12.3 Å². The molecule has 3 rings (SSSR count). The molecule has 0 aliphatic carbocycles. The molecule has 2 aliphatic rings. The zero-order valence-corrected chi connectivity index (χ0v) is 14.4. The molecule has 24 heavy (non-hydrogen) atoms. The standard InChI is InChI=1S/C16H21N3O4S/c1-12-3-2-4-13(9-12)11-24(22,23)18-7-5-14(6-8-18)19-15(20)10-17-16(19)21/h2-4,9,14H,5-8,10-11H2,1H3,(H,17,21). The topological polar surface area (TPSA) is 86.8 Å². The minimum Gasteiger partial charge on any atom is -0.329 e. The number of aryl methyl sites for hydroxylation is 1. The van der Waals surface area contributed by atoms with Crippen molar-refractivity contribution in [3.05, 3.63) is 35.4 Å². The molecule has 0 radical (unpaired) electrons. The number of nitrogens with zero attached hydrogens (tertiary/aromatic N) is 2. The van der Waals surface area contributed by atoms with Gasteiger partial charge in [0.25, 0.3) is 0 Å². The first-order chi connectivity index (χ1) is 11.4. The molecule has 0 spiro atoms. The average Bonchev–Trinajstić information content (AvgIpc) is 2.86. The van der Waals surface area contributed by atoms with Crippen LogP contribution < -0.4 is 5.32 Å². The van der Waals surface area contributed by atoms with Gasteiger partial charge in [0, 0.05) is 19.1 Å². The molecule has 0 unspecified atom stereocenters. The summed E-state index contributed by atoms with van der Waals surface area (Å²) in [7, 11) is -3.40. The van der Waals surface area contributed by atoms with Crippen LogP contribution in [-0.4, -0.2) is 55.2 Å². The lowest BCUT2D eigenvalue weighted by atomic mass is 10.1. The van der Waals surface area contributed by atoms with Gasteiger partial charge in [-0.25, -0.2) is 17.5 Å². The summed E-state index contributed by atoms with van der Waals surface area (Å²) in [6.07, 6.45) is 0.957. The van der Waals surface area contributed by atoms with E-state index in [-0.39, 0.29) is 30.3 Å². The van der Waals surface area contributed by atoms with Crippen molar-refractivity contribution in [2.45, 2.75) is 31.6 Å². The maximum absolute atomic E-state index is 12.6. The molecule has 1 aromatic carbocycles. The number of piperidine rings is 1. The first-order valence-electron chi connectivity index (χ1n) is 8.00. The summed E-state index contributed by atoms with van der Waals surface area (Å²) in [5.74, 6) is -0.260. The minimum absolute atomic E-state index is 0.0253. The Labute approximate surface area is 141 Å². The lowest BCUT2D eigenvalue weighted by molar-refractivity contribution is -0.127. The van der Waals surface area contributed by atoms with E-state index >= 15 is 0 Å². The molecule has 1 aromatic rings. The largest absolute Gasteiger partial charge is 0.329 e. The summed E-state index contributed by atoms with van der Waals surface area (Å²) >= 11 is 0. The number of carbonyl (C=O) groups is 2. The second-order valence-corrected chi connectivity index (χ2v) is 8.27. The molecule has 2 saturated heterocycles. The second-order valence-electron chi connectivity index (χ2n) is 6.30. The summed E-state index contributed by atoms with van der Waals surface area (Å²) in [5, 5.41) is 2.50. The summed E-state index contributed by atoms with van der Waals surface area (Å²) in [6, 6.07) is 6.87. The molecule has 1 N–H and O–H groups in total. The first-order valence-corrected chi connectivity index (χ1v) is 9.61. The van der Waals surface area contributed by atoms with Gasteiger partial charge in [0.15, 0.2) is 0 Å². The zero-order chi connectivity index (χ0) is 17.3. The molecule has 8 heteroatoms. The van der Waals surface area contributed by atoms with E-state index in [4.69, 9.17) is 0 Å². The maximum Gasteiger partial charge on any atom is 0.324 e. The van der Waals surface area contributed by atoms with Gasteiger partial charge in [-0.3, -0.25) is 9.69 Å². The molecule has 0 saturated carbocycles. The van der Waals surface area contributed by atoms with Crippen LogP contribution in [0.3, 0.4) is 0 Å². The van der Waals surface area contributed by atoms with Crippen LogP contribution in [-0.2, 0) is 20.6 Å². The first kappa shape index (κ1) is 16.9. The highest BCUT2D eigenvalue weighted by atomic mass is 32.2. The monoisotopic (exact) mass is 351 g/mol. The summed E-state index contributed by atoms with van der Waals surface area (Å²) in [4.78, 5) is 24.7. The Morgan fingerprint density at radius 2 is 1.92 bits per heavy atom. The Kier molecular flexibility index (Phi) is 4.60. The zero-order valence-electron chi connectivity index (χ0n) is 13.6. The van der Waals surface area contributed by atoms with Gasteiger partial charge in [-0.05, 0) is 25.3 Å². The summed E-state index contributed by atoms with van der Waals surface area (Å²) < 4.78 is 26.6. The number of amides is 3. The fraction of sp³-hybridized carbons (Fsp3) is 0.500. The number of rotatable bonds is 4. The Morgan fingerprint density at radius 3 is 2.50 bits per heavy atom. The van der Waals surface area contributed by atoms with Gasteiger partial charge in [-0.15, -0.1) is 0 Å². The molecule has 7 nitrogen and oxygen atoms in total. The van der Waals surface area contributed by atoms with Gasteiger partial charge >= 0.3 is 6.03 Å². The van der Waals surface area contributed by atoms with Crippen LogP contribution in [0.5, 0.6) is 0 Å². The Hall–Kier alpha value is -1.93. The Morgan fingerprint density at radius 1 is 1.21 bits per heavy atom. The van der Waals surface area contributed by atoms with Gasteiger partial charge in [0.1, 0.15) is 0 Å². The molecule has 0 aromatic heterocycles. The molecule has 3 amide bonds. The van der Waals surface area contributed by atoms with Crippen LogP contribution in [0.25, 0.3) is 0 Å². The van der Waals surface area contributed by atoms with Crippen molar-refractivity contribution in [3.8, 4) is 0 Å². The Balaban J connectivity index is 1.63. The molecule has 2 aliphatic heterocycles. The minimum atomic E-state index is -3.40. The van der Waals surface area contributed by atoms with Crippen molar-refractivity contribution in [1.82, 2.24) is 14.5 Å². The fourth-order valence-electron chi connectivity index (χ4n) is 3.29. The van der Waals surface area contributed by atoms with Crippen molar-refractivity contribution in [1.29, 1.82) is 0 Å². The quantitative estimate of drug-likeness (QED) is 0.815. The second kappa shape index (κ2) is 6.52. The lowest BCUT2D eigenvalue weighted by Gasteiger charge is -2.34. The van der Waals surface area contributed by atoms with E-state index < -0.39 is 10.0 Å². The van der Waals surface area contributed by atoms with Crippen molar-refractivity contribution < 1.29 is 18.0 Å². The van der Waals surface area contributed by atoms with E-state index in [0.717, 1.165) is 11.1 Å². The van der Waals surface area contributed by atoms with E-state index in [9.17, 15) is 18.0 Å². The lowest BCUT2D eigenvalue weighted by Crippen LogP contribution is -2.49. The van der Waals surface area contributed by atoms with E-state index in [1.807, 2.05) is 31.2 Å². The van der Waals surface area contributed by atoms with E-state index in [1.165, 1.54) is 9.21 Å².